The van der Waals surface area contributed by atoms with Gasteiger partial charge in [0, 0.05) is 5.69 Å². The van der Waals surface area contributed by atoms with Crippen LogP contribution >= 0.6 is 11.6 Å². The molecule has 2 aromatic carbocycles. The Morgan fingerprint density at radius 1 is 1.20 bits per heavy atom. The molecule has 0 fully saturated rings. The highest BCUT2D eigenvalue weighted by Crippen LogP contribution is 2.23. The maximum Gasteiger partial charge on any atom is 0.342 e. The van der Waals surface area contributed by atoms with E-state index in [9.17, 15) is 13.6 Å². The van der Waals surface area contributed by atoms with E-state index >= 15 is 0 Å². The zero-order valence-electron chi connectivity index (χ0n) is 10.2. The molecule has 0 aliphatic heterocycles. The number of carbonyl (C=O) groups excluding carboxylic acids is 1. The van der Waals surface area contributed by atoms with Crippen LogP contribution in [0.3, 0.4) is 0 Å². The fraction of sp³-hybridized carbons (Fsp3) is 0.0714. The highest BCUT2D eigenvalue weighted by molar-refractivity contribution is 6.34. The molecule has 0 heterocycles. The van der Waals surface area contributed by atoms with Gasteiger partial charge in [-0.25, -0.2) is 13.6 Å². The number of halogens is 3. The molecule has 0 radical (unpaired) electrons. The fourth-order valence-corrected chi connectivity index (χ4v) is 1.87. The summed E-state index contributed by atoms with van der Waals surface area (Å²) >= 11 is 5.86. The molecule has 3 nitrogen and oxygen atoms in total. The number of rotatable bonds is 3. The summed E-state index contributed by atoms with van der Waals surface area (Å²) in [5, 5.41) is 0.167. The molecule has 0 aliphatic rings. The number of hydrogen-bond donors (Lipinski definition) is 1. The van der Waals surface area contributed by atoms with Crippen LogP contribution < -0.4 is 5.73 Å². The van der Waals surface area contributed by atoms with Crippen LogP contribution in [0.15, 0.2) is 36.4 Å². The van der Waals surface area contributed by atoms with E-state index in [1.54, 1.807) is 6.07 Å². The number of ether oxygens (including phenoxy) is 1. The highest BCUT2D eigenvalue weighted by atomic mass is 35.5. The maximum absolute atomic E-state index is 13.0. The first-order chi connectivity index (χ1) is 9.49. The molecule has 0 aromatic heterocycles. The van der Waals surface area contributed by atoms with E-state index in [1.165, 1.54) is 18.2 Å². The zero-order valence-corrected chi connectivity index (χ0v) is 11.0. The van der Waals surface area contributed by atoms with Gasteiger partial charge in [0.1, 0.15) is 12.2 Å². The minimum Gasteiger partial charge on any atom is -0.457 e. The monoisotopic (exact) mass is 297 g/mol. The SMILES string of the molecule is Nc1cccc(Cl)c1C(=O)OCc1ccc(F)c(F)c1. The van der Waals surface area contributed by atoms with Crippen LogP contribution in [0, 0.1) is 11.6 Å². The third-order valence-corrected chi connectivity index (χ3v) is 2.92. The first kappa shape index (κ1) is 14.3. The molecule has 0 unspecified atom stereocenters. The van der Waals surface area contributed by atoms with Crippen molar-refractivity contribution in [3.05, 3.63) is 64.2 Å². The largest absolute Gasteiger partial charge is 0.457 e. The second kappa shape index (κ2) is 5.88. The summed E-state index contributed by atoms with van der Waals surface area (Å²) in [5.41, 5.74) is 6.20. The number of hydrogen-bond acceptors (Lipinski definition) is 3. The van der Waals surface area contributed by atoms with Crippen LogP contribution in [-0.2, 0) is 11.3 Å². The molecule has 2 rings (SSSR count). The highest BCUT2D eigenvalue weighted by Gasteiger charge is 2.15. The molecule has 0 aliphatic carbocycles. The molecule has 2 N–H and O–H groups in total. The Kier molecular flexibility index (Phi) is 4.20. The van der Waals surface area contributed by atoms with Gasteiger partial charge < -0.3 is 10.5 Å². The lowest BCUT2D eigenvalue weighted by Gasteiger charge is -2.08. The molecule has 0 amide bonds. The summed E-state index contributed by atoms with van der Waals surface area (Å²) < 4.78 is 30.7. The van der Waals surface area contributed by atoms with Crippen LogP contribution in [0.5, 0.6) is 0 Å². The molecule has 6 heteroatoms. The van der Waals surface area contributed by atoms with Gasteiger partial charge in [-0.15, -0.1) is 0 Å². The summed E-state index contributed by atoms with van der Waals surface area (Å²) in [7, 11) is 0. The second-order valence-corrected chi connectivity index (χ2v) is 4.44. The topological polar surface area (TPSA) is 52.3 Å². The first-order valence-electron chi connectivity index (χ1n) is 5.64. The van der Waals surface area contributed by atoms with Gasteiger partial charge in [-0.05, 0) is 29.8 Å². The smallest absolute Gasteiger partial charge is 0.342 e. The third kappa shape index (κ3) is 3.05. The predicted molar refractivity (Wildman–Crippen MR) is 71.3 cm³/mol. The van der Waals surface area contributed by atoms with Crippen molar-refractivity contribution in [2.24, 2.45) is 0 Å². The van der Waals surface area contributed by atoms with Crippen molar-refractivity contribution in [2.75, 3.05) is 5.73 Å². The number of esters is 1. The van der Waals surface area contributed by atoms with Crippen LogP contribution in [0.1, 0.15) is 15.9 Å². The summed E-state index contributed by atoms with van der Waals surface area (Å²) in [4.78, 5) is 11.9. The van der Waals surface area contributed by atoms with E-state index < -0.39 is 17.6 Å². The van der Waals surface area contributed by atoms with E-state index in [0.717, 1.165) is 12.1 Å². The molecule has 0 atom stereocenters. The van der Waals surface area contributed by atoms with Gasteiger partial charge in [0.05, 0.1) is 5.02 Å². The number of benzene rings is 2. The molecular weight excluding hydrogens is 288 g/mol. The van der Waals surface area contributed by atoms with Crippen molar-refractivity contribution >= 4 is 23.3 Å². The minimum atomic E-state index is -1.00. The van der Waals surface area contributed by atoms with Gasteiger partial charge in [-0.2, -0.15) is 0 Å². The average molecular weight is 298 g/mol. The van der Waals surface area contributed by atoms with Crippen LogP contribution in [0.2, 0.25) is 5.02 Å². The van der Waals surface area contributed by atoms with Gasteiger partial charge in [0.25, 0.3) is 0 Å². The molecule has 0 saturated heterocycles. The summed E-state index contributed by atoms with van der Waals surface area (Å²) in [6.07, 6.45) is 0. The van der Waals surface area contributed by atoms with E-state index in [1.807, 2.05) is 0 Å². The van der Waals surface area contributed by atoms with E-state index in [0.29, 0.717) is 5.56 Å². The zero-order chi connectivity index (χ0) is 14.7. The molecule has 20 heavy (non-hydrogen) atoms. The second-order valence-electron chi connectivity index (χ2n) is 4.03. The maximum atomic E-state index is 13.0. The lowest BCUT2D eigenvalue weighted by Crippen LogP contribution is -2.09. The molecule has 0 spiro atoms. The first-order valence-corrected chi connectivity index (χ1v) is 6.02. The third-order valence-electron chi connectivity index (χ3n) is 2.60. The Balaban J connectivity index is 2.11. The molecule has 2 aromatic rings. The predicted octanol–water partition coefficient (Wildman–Crippen LogP) is 3.56. The quantitative estimate of drug-likeness (QED) is 0.696. The number of carbonyl (C=O) groups is 1. The molecule has 104 valence electrons. The summed E-state index contributed by atoms with van der Waals surface area (Å²) in [6, 6.07) is 7.86. The minimum absolute atomic E-state index is 0.0525. The van der Waals surface area contributed by atoms with Crippen LogP contribution in [-0.4, -0.2) is 5.97 Å². The van der Waals surface area contributed by atoms with Crippen LogP contribution in [0.4, 0.5) is 14.5 Å². The van der Waals surface area contributed by atoms with Crippen molar-refractivity contribution in [3.8, 4) is 0 Å². The van der Waals surface area contributed by atoms with Gasteiger partial charge in [0.2, 0.25) is 0 Å². The van der Waals surface area contributed by atoms with Crippen molar-refractivity contribution in [1.29, 1.82) is 0 Å². The number of nitrogen functional groups attached to an aromatic ring is 1. The van der Waals surface area contributed by atoms with Crippen molar-refractivity contribution in [1.82, 2.24) is 0 Å². The van der Waals surface area contributed by atoms with Crippen LogP contribution in [0.25, 0.3) is 0 Å². The standard InChI is InChI=1S/C14H10ClF2NO2/c15-9-2-1-3-12(18)13(9)14(19)20-7-8-4-5-10(16)11(17)6-8/h1-6H,7,18H2. The van der Waals surface area contributed by atoms with Crippen molar-refractivity contribution in [2.45, 2.75) is 6.61 Å². The normalized spacial score (nSPS) is 10.3. The average Bonchev–Trinajstić information content (AvgIpc) is 2.40. The molecule has 0 bridgehead atoms. The summed E-state index contributed by atoms with van der Waals surface area (Å²) in [6.45, 7) is -0.208. The lowest BCUT2D eigenvalue weighted by atomic mass is 10.2. The van der Waals surface area contributed by atoms with Crippen molar-refractivity contribution in [3.63, 3.8) is 0 Å². The fourth-order valence-electron chi connectivity index (χ4n) is 1.61. The van der Waals surface area contributed by atoms with Gasteiger partial charge in [-0.3, -0.25) is 0 Å². The molecular formula is C14H10ClF2NO2. The van der Waals surface area contributed by atoms with E-state index in [4.69, 9.17) is 22.1 Å². The lowest BCUT2D eigenvalue weighted by molar-refractivity contribution is 0.0473. The Morgan fingerprint density at radius 3 is 2.60 bits per heavy atom. The van der Waals surface area contributed by atoms with E-state index in [2.05, 4.69) is 0 Å². The Labute approximate surface area is 118 Å². The number of nitrogens with two attached hydrogens (primary N) is 1. The van der Waals surface area contributed by atoms with Gasteiger partial charge in [-0.1, -0.05) is 23.7 Å². The van der Waals surface area contributed by atoms with Gasteiger partial charge >= 0.3 is 5.97 Å². The summed E-state index contributed by atoms with van der Waals surface area (Å²) in [5.74, 6) is -2.69. The van der Waals surface area contributed by atoms with E-state index in [-0.39, 0.29) is 22.9 Å². The Morgan fingerprint density at radius 2 is 1.95 bits per heavy atom. The Hall–Kier alpha value is -2.14. The molecule has 0 saturated carbocycles. The van der Waals surface area contributed by atoms with Gasteiger partial charge in [0.15, 0.2) is 11.6 Å². The Bertz CT molecular complexity index is 641. The van der Waals surface area contributed by atoms with Crippen molar-refractivity contribution < 1.29 is 18.3 Å². The number of anilines is 1.